The number of carbonyl (C=O) groups excluding carboxylic acids is 1. The summed E-state index contributed by atoms with van der Waals surface area (Å²) in [5.74, 6) is -0.772. The minimum Gasteiger partial charge on any atom is -0.382 e. The predicted molar refractivity (Wildman–Crippen MR) is 65.6 cm³/mol. The monoisotopic (exact) mass is 247 g/mol. The largest absolute Gasteiger partial charge is 0.382 e. The molecular formula is C13H14FN3O. The van der Waals surface area contributed by atoms with E-state index in [1.165, 1.54) is 18.3 Å². The van der Waals surface area contributed by atoms with Crippen LogP contribution in [0.25, 0.3) is 0 Å². The first-order valence-electron chi connectivity index (χ1n) is 5.34. The normalized spacial score (nSPS) is 10.7. The van der Waals surface area contributed by atoms with Crippen LogP contribution in [0.5, 0.6) is 0 Å². The predicted octanol–water partition coefficient (Wildman–Crippen LogP) is 1.41. The first kappa shape index (κ1) is 13.7. The molecule has 0 atom stereocenters. The lowest BCUT2D eigenvalue weighted by molar-refractivity contribution is -0.117. The first-order chi connectivity index (χ1) is 8.52. The number of benzene rings is 1. The van der Waals surface area contributed by atoms with Gasteiger partial charge in [-0.05, 0) is 17.7 Å². The smallest absolute Gasteiger partial charge is 0.263 e. The number of amides is 1. The van der Waals surface area contributed by atoms with Gasteiger partial charge in [-0.25, -0.2) is 4.39 Å². The van der Waals surface area contributed by atoms with Gasteiger partial charge < -0.3 is 10.2 Å². The molecule has 1 N–H and O–H groups in total. The number of nitrogens with zero attached hydrogens (tertiary/aromatic N) is 2. The van der Waals surface area contributed by atoms with Crippen molar-refractivity contribution in [1.82, 2.24) is 10.2 Å². The molecule has 0 heterocycles. The number of hydrogen-bond acceptors (Lipinski definition) is 3. The molecule has 18 heavy (non-hydrogen) atoms. The van der Waals surface area contributed by atoms with Crippen LogP contribution in [0.15, 0.2) is 36.0 Å². The maximum atomic E-state index is 12.7. The van der Waals surface area contributed by atoms with Crippen LogP contribution in [-0.4, -0.2) is 24.9 Å². The SMILES string of the molecule is CN(C)/C=C(\C#N)C(=O)NCc1ccc(F)cc1. The van der Waals surface area contributed by atoms with Gasteiger partial charge in [-0.15, -0.1) is 0 Å². The molecule has 1 aromatic carbocycles. The van der Waals surface area contributed by atoms with E-state index in [4.69, 9.17) is 5.26 Å². The van der Waals surface area contributed by atoms with Crippen molar-refractivity contribution in [2.24, 2.45) is 0 Å². The fourth-order valence-corrected chi connectivity index (χ4v) is 1.28. The zero-order chi connectivity index (χ0) is 13.5. The van der Waals surface area contributed by atoms with Gasteiger partial charge in [0, 0.05) is 26.8 Å². The van der Waals surface area contributed by atoms with Gasteiger partial charge in [0.05, 0.1) is 0 Å². The average molecular weight is 247 g/mol. The Morgan fingerprint density at radius 3 is 2.56 bits per heavy atom. The first-order valence-corrected chi connectivity index (χ1v) is 5.34. The van der Waals surface area contributed by atoms with E-state index in [1.54, 1.807) is 31.1 Å². The Labute approximate surface area is 105 Å². The minimum absolute atomic E-state index is 0.0297. The molecule has 1 aromatic rings. The molecule has 0 radical (unpaired) electrons. The van der Waals surface area contributed by atoms with Gasteiger partial charge in [-0.1, -0.05) is 12.1 Å². The summed E-state index contributed by atoms with van der Waals surface area (Å²) in [4.78, 5) is 13.3. The van der Waals surface area contributed by atoms with Gasteiger partial charge in [0.1, 0.15) is 17.5 Å². The van der Waals surface area contributed by atoms with Crippen molar-refractivity contribution in [2.75, 3.05) is 14.1 Å². The summed E-state index contributed by atoms with van der Waals surface area (Å²) in [6.45, 7) is 0.256. The molecule has 1 rings (SSSR count). The number of carbonyl (C=O) groups is 1. The Balaban J connectivity index is 2.61. The van der Waals surface area contributed by atoms with E-state index in [-0.39, 0.29) is 17.9 Å². The number of rotatable bonds is 4. The lowest BCUT2D eigenvalue weighted by Crippen LogP contribution is -2.25. The highest BCUT2D eigenvalue weighted by Gasteiger charge is 2.08. The summed E-state index contributed by atoms with van der Waals surface area (Å²) in [6, 6.07) is 7.63. The number of nitriles is 1. The topological polar surface area (TPSA) is 56.1 Å². The lowest BCUT2D eigenvalue weighted by atomic mass is 10.2. The highest BCUT2D eigenvalue weighted by Crippen LogP contribution is 2.03. The highest BCUT2D eigenvalue weighted by atomic mass is 19.1. The van der Waals surface area contributed by atoms with Gasteiger partial charge in [-0.2, -0.15) is 5.26 Å². The number of nitrogens with one attached hydrogen (secondary N) is 1. The molecular weight excluding hydrogens is 233 g/mol. The Morgan fingerprint density at radius 1 is 1.44 bits per heavy atom. The Bertz CT molecular complexity index is 486. The summed E-state index contributed by atoms with van der Waals surface area (Å²) in [5.41, 5.74) is 0.800. The molecule has 0 bridgehead atoms. The summed E-state index contributed by atoms with van der Waals surface area (Å²) in [7, 11) is 3.45. The van der Waals surface area contributed by atoms with E-state index in [1.807, 2.05) is 6.07 Å². The van der Waals surface area contributed by atoms with Crippen LogP contribution in [0, 0.1) is 17.1 Å². The molecule has 94 valence electrons. The Kier molecular flexibility index (Phi) is 4.88. The zero-order valence-electron chi connectivity index (χ0n) is 10.3. The van der Waals surface area contributed by atoms with Gasteiger partial charge >= 0.3 is 0 Å². The number of halogens is 1. The molecule has 0 unspecified atom stereocenters. The van der Waals surface area contributed by atoms with Crippen molar-refractivity contribution in [2.45, 2.75) is 6.54 Å². The van der Waals surface area contributed by atoms with Crippen molar-refractivity contribution in [1.29, 1.82) is 5.26 Å². The molecule has 0 aliphatic carbocycles. The van der Waals surface area contributed by atoms with Crippen molar-refractivity contribution < 1.29 is 9.18 Å². The third-order valence-electron chi connectivity index (χ3n) is 2.12. The summed E-state index contributed by atoms with van der Waals surface area (Å²) in [6.07, 6.45) is 1.44. The van der Waals surface area contributed by atoms with Crippen LogP contribution in [0.3, 0.4) is 0 Å². The average Bonchev–Trinajstić information content (AvgIpc) is 2.34. The third kappa shape index (κ3) is 4.26. The summed E-state index contributed by atoms with van der Waals surface area (Å²) >= 11 is 0. The minimum atomic E-state index is -0.449. The third-order valence-corrected chi connectivity index (χ3v) is 2.12. The number of hydrogen-bond donors (Lipinski definition) is 1. The second kappa shape index (κ2) is 6.40. The van der Waals surface area contributed by atoms with Crippen LogP contribution < -0.4 is 5.32 Å². The maximum Gasteiger partial charge on any atom is 0.263 e. The molecule has 4 nitrogen and oxygen atoms in total. The van der Waals surface area contributed by atoms with Crippen molar-refractivity contribution in [3.8, 4) is 6.07 Å². The van der Waals surface area contributed by atoms with E-state index in [0.29, 0.717) is 0 Å². The van der Waals surface area contributed by atoms with Gasteiger partial charge in [0.2, 0.25) is 0 Å². The van der Waals surface area contributed by atoms with E-state index in [0.717, 1.165) is 5.56 Å². The molecule has 0 aromatic heterocycles. The van der Waals surface area contributed by atoms with Gasteiger partial charge in [-0.3, -0.25) is 4.79 Å². The maximum absolute atomic E-state index is 12.7. The van der Waals surface area contributed by atoms with Crippen LogP contribution in [0.1, 0.15) is 5.56 Å². The molecule has 0 fully saturated rings. The molecule has 5 heteroatoms. The van der Waals surface area contributed by atoms with Crippen LogP contribution in [-0.2, 0) is 11.3 Å². The van der Waals surface area contributed by atoms with Gasteiger partial charge in [0.25, 0.3) is 5.91 Å². The zero-order valence-corrected chi connectivity index (χ0v) is 10.3. The quantitative estimate of drug-likeness (QED) is 0.646. The second-order valence-corrected chi connectivity index (χ2v) is 3.93. The molecule has 0 aliphatic heterocycles. The fourth-order valence-electron chi connectivity index (χ4n) is 1.28. The lowest BCUT2D eigenvalue weighted by Gasteiger charge is -2.07. The molecule has 1 amide bonds. The van der Waals surface area contributed by atoms with E-state index < -0.39 is 5.91 Å². The van der Waals surface area contributed by atoms with Crippen LogP contribution in [0.4, 0.5) is 4.39 Å². The van der Waals surface area contributed by atoms with Crippen molar-refractivity contribution >= 4 is 5.91 Å². The van der Waals surface area contributed by atoms with Crippen LogP contribution in [0.2, 0.25) is 0 Å². The van der Waals surface area contributed by atoms with E-state index in [2.05, 4.69) is 5.32 Å². The summed E-state index contributed by atoms with van der Waals surface area (Å²) < 4.78 is 12.7. The highest BCUT2D eigenvalue weighted by molar-refractivity contribution is 5.97. The standard InChI is InChI=1S/C13H14FN3O/c1-17(2)9-11(7-15)13(18)16-8-10-3-5-12(14)6-4-10/h3-6,9H,8H2,1-2H3,(H,16,18)/b11-9+. The summed E-state index contributed by atoms with van der Waals surface area (Å²) in [5, 5.41) is 11.4. The molecule has 0 saturated carbocycles. The van der Waals surface area contributed by atoms with Gasteiger partial charge in [0.15, 0.2) is 0 Å². The van der Waals surface area contributed by atoms with E-state index in [9.17, 15) is 9.18 Å². The molecule has 0 spiro atoms. The van der Waals surface area contributed by atoms with Crippen molar-refractivity contribution in [3.05, 3.63) is 47.4 Å². The fraction of sp³-hybridized carbons (Fsp3) is 0.231. The van der Waals surface area contributed by atoms with E-state index >= 15 is 0 Å². The Morgan fingerprint density at radius 2 is 2.06 bits per heavy atom. The van der Waals surface area contributed by atoms with Crippen LogP contribution >= 0.6 is 0 Å². The second-order valence-electron chi connectivity index (χ2n) is 3.93. The Hall–Kier alpha value is -2.35. The molecule has 0 aliphatic rings. The van der Waals surface area contributed by atoms with Crippen molar-refractivity contribution in [3.63, 3.8) is 0 Å². The molecule has 0 saturated heterocycles.